The molecule has 0 radical (unpaired) electrons. The summed E-state index contributed by atoms with van der Waals surface area (Å²) in [6, 6.07) is 8.36. The third-order valence-corrected chi connectivity index (χ3v) is 4.23. The highest BCUT2D eigenvalue weighted by Crippen LogP contribution is 2.12. The van der Waals surface area contributed by atoms with E-state index in [0.717, 1.165) is 32.8 Å². The maximum atomic E-state index is 12.4. The fourth-order valence-electron chi connectivity index (χ4n) is 2.73. The van der Waals surface area contributed by atoms with Gasteiger partial charge < -0.3 is 15.4 Å². The third-order valence-electron chi connectivity index (χ3n) is 4.23. The molecule has 1 fully saturated rings. The van der Waals surface area contributed by atoms with E-state index >= 15 is 0 Å². The van der Waals surface area contributed by atoms with Crippen molar-refractivity contribution in [1.82, 2.24) is 14.9 Å². The van der Waals surface area contributed by atoms with Crippen LogP contribution >= 0.6 is 0 Å². The minimum atomic E-state index is -0.352. The lowest BCUT2D eigenvalue weighted by Crippen LogP contribution is -2.39. The lowest BCUT2D eigenvalue weighted by atomic mass is 10.1. The van der Waals surface area contributed by atoms with Crippen LogP contribution in [-0.2, 0) is 4.74 Å². The van der Waals surface area contributed by atoms with E-state index in [-0.39, 0.29) is 17.4 Å². The molecule has 8 heteroatoms. The zero-order valence-electron chi connectivity index (χ0n) is 15.3. The van der Waals surface area contributed by atoms with Crippen molar-refractivity contribution >= 4 is 23.3 Å². The van der Waals surface area contributed by atoms with Crippen LogP contribution in [-0.4, -0.2) is 66.0 Å². The molecular weight excluding hydrogens is 346 g/mol. The number of morpholine rings is 1. The molecule has 0 bridgehead atoms. The van der Waals surface area contributed by atoms with Gasteiger partial charge in [0.25, 0.3) is 5.91 Å². The van der Waals surface area contributed by atoms with Gasteiger partial charge in [-0.15, -0.1) is 0 Å². The number of amides is 1. The number of nitrogens with zero attached hydrogens (tertiary/aromatic N) is 3. The Balaban J connectivity index is 1.56. The Kier molecular flexibility index (Phi) is 6.45. The van der Waals surface area contributed by atoms with Crippen LogP contribution in [0.25, 0.3) is 0 Å². The maximum Gasteiger partial charge on any atom is 0.274 e. The van der Waals surface area contributed by atoms with Gasteiger partial charge in [0.1, 0.15) is 5.69 Å². The second-order valence-electron chi connectivity index (χ2n) is 6.24. The number of hydrogen-bond donors (Lipinski definition) is 2. The molecule has 2 aromatic rings. The van der Waals surface area contributed by atoms with Gasteiger partial charge in [-0.25, -0.2) is 9.97 Å². The molecule has 142 valence electrons. The first-order valence-electron chi connectivity index (χ1n) is 8.91. The van der Waals surface area contributed by atoms with E-state index in [0.29, 0.717) is 23.7 Å². The minimum Gasteiger partial charge on any atom is -0.379 e. The Bertz CT molecular complexity index is 805. The number of carbonyl (C=O) groups excluding carboxylic acids is 2. The number of ketones is 1. The number of benzene rings is 1. The van der Waals surface area contributed by atoms with Crippen LogP contribution in [0.15, 0.2) is 36.5 Å². The van der Waals surface area contributed by atoms with Gasteiger partial charge in [0.15, 0.2) is 5.78 Å². The topological polar surface area (TPSA) is 96.5 Å². The van der Waals surface area contributed by atoms with Gasteiger partial charge in [-0.2, -0.15) is 0 Å². The molecule has 8 nitrogen and oxygen atoms in total. The summed E-state index contributed by atoms with van der Waals surface area (Å²) < 4.78 is 5.33. The van der Waals surface area contributed by atoms with Gasteiger partial charge in [-0.05, 0) is 25.1 Å². The van der Waals surface area contributed by atoms with Gasteiger partial charge in [0, 0.05) is 43.6 Å². The van der Waals surface area contributed by atoms with Crippen LogP contribution in [0.5, 0.6) is 0 Å². The minimum absolute atomic E-state index is 0.0557. The van der Waals surface area contributed by atoms with E-state index in [1.54, 1.807) is 36.5 Å². The smallest absolute Gasteiger partial charge is 0.274 e. The Morgan fingerprint density at radius 3 is 2.81 bits per heavy atom. The van der Waals surface area contributed by atoms with Crippen molar-refractivity contribution in [1.29, 1.82) is 0 Å². The number of carbonyl (C=O) groups is 2. The molecule has 0 atom stereocenters. The number of anilines is 2. The number of hydrogen-bond acceptors (Lipinski definition) is 7. The maximum absolute atomic E-state index is 12.4. The summed E-state index contributed by atoms with van der Waals surface area (Å²) in [5, 5.41) is 5.90. The SMILES string of the molecule is CC(=O)c1cccc(NC(=O)c2ccnc(NCCN3CCOCC3)n2)c1. The lowest BCUT2D eigenvalue weighted by Gasteiger charge is -2.26. The summed E-state index contributed by atoms with van der Waals surface area (Å²) in [6.07, 6.45) is 1.55. The molecule has 1 saturated heterocycles. The van der Waals surface area contributed by atoms with E-state index in [4.69, 9.17) is 4.74 Å². The summed E-state index contributed by atoms with van der Waals surface area (Å²) in [5.74, 6) is 0.00242. The molecule has 1 aromatic carbocycles. The largest absolute Gasteiger partial charge is 0.379 e. The Hall–Kier alpha value is -2.84. The number of aromatic nitrogens is 2. The van der Waals surface area contributed by atoms with E-state index in [1.807, 2.05) is 0 Å². The van der Waals surface area contributed by atoms with Crippen molar-refractivity contribution in [3.8, 4) is 0 Å². The van der Waals surface area contributed by atoms with Crippen LogP contribution in [0.2, 0.25) is 0 Å². The molecule has 0 spiro atoms. The second kappa shape index (κ2) is 9.20. The van der Waals surface area contributed by atoms with E-state index in [1.165, 1.54) is 6.92 Å². The lowest BCUT2D eigenvalue weighted by molar-refractivity contribution is 0.0398. The Morgan fingerprint density at radius 1 is 1.22 bits per heavy atom. The highest BCUT2D eigenvalue weighted by atomic mass is 16.5. The molecule has 0 unspecified atom stereocenters. The summed E-state index contributed by atoms with van der Waals surface area (Å²) in [7, 11) is 0. The number of rotatable bonds is 7. The van der Waals surface area contributed by atoms with Crippen LogP contribution < -0.4 is 10.6 Å². The highest BCUT2D eigenvalue weighted by molar-refractivity contribution is 6.04. The van der Waals surface area contributed by atoms with Gasteiger partial charge in [0.05, 0.1) is 13.2 Å². The summed E-state index contributed by atoms with van der Waals surface area (Å²) in [6.45, 7) is 6.40. The molecule has 2 N–H and O–H groups in total. The van der Waals surface area contributed by atoms with Crippen LogP contribution in [0.3, 0.4) is 0 Å². The summed E-state index contributed by atoms with van der Waals surface area (Å²) >= 11 is 0. The molecule has 0 saturated carbocycles. The zero-order chi connectivity index (χ0) is 19.1. The quantitative estimate of drug-likeness (QED) is 0.717. The van der Waals surface area contributed by atoms with Crippen LogP contribution in [0.4, 0.5) is 11.6 Å². The van der Waals surface area contributed by atoms with E-state index < -0.39 is 0 Å². The average Bonchev–Trinajstić information content (AvgIpc) is 2.69. The summed E-state index contributed by atoms with van der Waals surface area (Å²) in [5.41, 5.74) is 1.35. The van der Waals surface area contributed by atoms with Crippen molar-refractivity contribution in [3.05, 3.63) is 47.8 Å². The molecule has 1 aliphatic heterocycles. The first-order chi connectivity index (χ1) is 13.1. The van der Waals surface area contributed by atoms with Gasteiger partial charge in [-0.1, -0.05) is 12.1 Å². The summed E-state index contributed by atoms with van der Waals surface area (Å²) in [4.78, 5) is 34.6. The molecule has 1 aliphatic rings. The van der Waals surface area contributed by atoms with Crippen molar-refractivity contribution in [2.24, 2.45) is 0 Å². The van der Waals surface area contributed by atoms with Crippen LogP contribution in [0, 0.1) is 0 Å². The number of nitrogens with one attached hydrogen (secondary N) is 2. The molecule has 3 rings (SSSR count). The Morgan fingerprint density at radius 2 is 2.04 bits per heavy atom. The van der Waals surface area contributed by atoms with Crippen molar-refractivity contribution in [2.75, 3.05) is 50.0 Å². The normalized spacial score (nSPS) is 14.6. The number of Topliss-reactive ketones (excluding diaryl/α,β-unsaturated/α-hetero) is 1. The van der Waals surface area contributed by atoms with Crippen molar-refractivity contribution in [3.63, 3.8) is 0 Å². The fraction of sp³-hybridized carbons (Fsp3) is 0.368. The first-order valence-corrected chi connectivity index (χ1v) is 8.91. The zero-order valence-corrected chi connectivity index (χ0v) is 15.3. The molecular formula is C19H23N5O3. The predicted octanol–water partition coefficient (Wildman–Crippen LogP) is 1.68. The second-order valence-corrected chi connectivity index (χ2v) is 6.24. The third kappa shape index (κ3) is 5.57. The average molecular weight is 369 g/mol. The first kappa shape index (κ1) is 18.9. The molecule has 0 aliphatic carbocycles. The van der Waals surface area contributed by atoms with Gasteiger partial charge in [0.2, 0.25) is 5.95 Å². The molecule has 1 aromatic heterocycles. The molecule has 1 amide bonds. The monoisotopic (exact) mass is 369 g/mol. The predicted molar refractivity (Wildman–Crippen MR) is 102 cm³/mol. The molecule has 2 heterocycles. The van der Waals surface area contributed by atoms with Crippen LogP contribution in [0.1, 0.15) is 27.8 Å². The van der Waals surface area contributed by atoms with Gasteiger partial charge in [-0.3, -0.25) is 14.5 Å². The van der Waals surface area contributed by atoms with Crippen molar-refractivity contribution < 1.29 is 14.3 Å². The highest BCUT2D eigenvalue weighted by Gasteiger charge is 2.12. The standard InChI is InChI=1S/C19H23N5O3/c1-14(25)15-3-2-4-16(13-15)22-18(26)17-5-6-20-19(23-17)21-7-8-24-9-11-27-12-10-24/h2-6,13H,7-12H2,1H3,(H,22,26)(H,20,21,23). The fourth-order valence-corrected chi connectivity index (χ4v) is 2.73. The molecule has 27 heavy (non-hydrogen) atoms. The van der Waals surface area contributed by atoms with Crippen molar-refractivity contribution in [2.45, 2.75) is 6.92 Å². The Labute approximate surface area is 158 Å². The van der Waals surface area contributed by atoms with E-state index in [9.17, 15) is 9.59 Å². The van der Waals surface area contributed by atoms with Gasteiger partial charge >= 0.3 is 0 Å². The van der Waals surface area contributed by atoms with E-state index in [2.05, 4.69) is 25.5 Å². The number of ether oxygens (including phenoxy) is 1.